The molecule has 4 heteroatoms. The maximum absolute atomic E-state index is 12.6. The number of nitrogens with one attached hydrogen (secondary N) is 1. The highest BCUT2D eigenvalue weighted by Gasteiger charge is 2.39. The van der Waals surface area contributed by atoms with Crippen molar-refractivity contribution in [1.29, 1.82) is 0 Å². The molecule has 1 amide bonds. The zero-order valence-corrected chi connectivity index (χ0v) is 11.4. The number of anilines is 1. The maximum Gasteiger partial charge on any atom is 0.231 e. The Morgan fingerprint density at radius 1 is 1.30 bits per heavy atom. The molecule has 0 saturated heterocycles. The molecular weight excluding hydrogens is 250 g/mol. The van der Waals surface area contributed by atoms with Crippen LogP contribution in [0.4, 0.5) is 5.69 Å². The maximum atomic E-state index is 12.6. The van der Waals surface area contributed by atoms with Crippen LogP contribution in [0.15, 0.2) is 36.7 Å². The lowest BCUT2D eigenvalue weighted by atomic mass is 9.85. The Kier molecular flexibility index (Phi) is 3.40. The average molecular weight is 269 g/mol. The van der Waals surface area contributed by atoms with Gasteiger partial charge in [-0.25, -0.2) is 0 Å². The van der Waals surface area contributed by atoms with E-state index in [0.717, 1.165) is 42.1 Å². The lowest BCUT2D eigenvalue weighted by molar-refractivity contribution is -0.124. The monoisotopic (exact) mass is 269 g/mol. The standard InChI is InChI=1S/C16H19N3O/c17-11-16(7-1-2-8-16)15(20)19-14-5-3-4-12-10-18-9-6-13(12)14/h3-6,9-10H,1-2,7-8,11,17H2,(H,19,20). The van der Waals surface area contributed by atoms with E-state index in [1.54, 1.807) is 12.4 Å². The minimum absolute atomic E-state index is 0.0572. The van der Waals surface area contributed by atoms with Gasteiger partial charge >= 0.3 is 0 Å². The number of benzene rings is 1. The third kappa shape index (κ3) is 2.16. The van der Waals surface area contributed by atoms with Crippen molar-refractivity contribution < 1.29 is 4.79 Å². The van der Waals surface area contributed by atoms with Gasteiger partial charge in [0.1, 0.15) is 0 Å². The third-order valence-corrected chi connectivity index (χ3v) is 4.36. The molecule has 1 aliphatic carbocycles. The highest BCUT2D eigenvalue weighted by molar-refractivity contribution is 6.03. The smallest absolute Gasteiger partial charge is 0.231 e. The zero-order valence-electron chi connectivity index (χ0n) is 11.4. The molecule has 0 atom stereocenters. The molecule has 1 aromatic carbocycles. The Bertz CT molecular complexity index is 627. The lowest BCUT2D eigenvalue weighted by Crippen LogP contribution is -2.40. The van der Waals surface area contributed by atoms with Crippen molar-refractivity contribution in [1.82, 2.24) is 4.98 Å². The van der Waals surface area contributed by atoms with Gasteiger partial charge in [-0.15, -0.1) is 0 Å². The summed E-state index contributed by atoms with van der Waals surface area (Å²) in [5, 5.41) is 5.11. The topological polar surface area (TPSA) is 68.0 Å². The fraction of sp³-hybridized carbons (Fsp3) is 0.375. The fourth-order valence-corrected chi connectivity index (χ4v) is 3.06. The van der Waals surface area contributed by atoms with Crippen molar-refractivity contribution in [2.24, 2.45) is 11.1 Å². The molecule has 1 aliphatic rings. The van der Waals surface area contributed by atoms with Crippen molar-refractivity contribution in [2.45, 2.75) is 25.7 Å². The molecule has 0 aliphatic heterocycles. The summed E-state index contributed by atoms with van der Waals surface area (Å²) in [6, 6.07) is 7.78. The van der Waals surface area contributed by atoms with Crippen LogP contribution in [-0.2, 0) is 4.79 Å². The van der Waals surface area contributed by atoms with E-state index in [1.807, 2.05) is 24.3 Å². The summed E-state index contributed by atoms with van der Waals surface area (Å²) in [4.78, 5) is 16.7. The van der Waals surface area contributed by atoms with Crippen molar-refractivity contribution in [3.8, 4) is 0 Å². The summed E-state index contributed by atoms with van der Waals surface area (Å²) in [6.45, 7) is 0.422. The number of nitrogens with two attached hydrogens (primary N) is 1. The van der Waals surface area contributed by atoms with E-state index < -0.39 is 0 Å². The van der Waals surface area contributed by atoms with Gasteiger partial charge < -0.3 is 11.1 Å². The molecule has 0 radical (unpaired) electrons. The van der Waals surface area contributed by atoms with Gasteiger partial charge in [-0.05, 0) is 25.0 Å². The molecule has 1 saturated carbocycles. The summed E-state index contributed by atoms with van der Waals surface area (Å²) < 4.78 is 0. The molecule has 0 spiro atoms. The Balaban J connectivity index is 1.91. The number of carbonyl (C=O) groups excluding carboxylic acids is 1. The van der Waals surface area contributed by atoms with Crippen LogP contribution in [0, 0.1) is 5.41 Å². The number of nitrogens with zero attached hydrogens (tertiary/aromatic N) is 1. The minimum atomic E-state index is -0.380. The van der Waals surface area contributed by atoms with Crippen LogP contribution in [0.3, 0.4) is 0 Å². The molecule has 104 valence electrons. The highest BCUT2D eigenvalue weighted by Crippen LogP contribution is 2.38. The molecule has 1 fully saturated rings. The Morgan fingerprint density at radius 2 is 2.10 bits per heavy atom. The largest absolute Gasteiger partial charge is 0.329 e. The van der Waals surface area contributed by atoms with Crippen molar-refractivity contribution in [2.75, 3.05) is 11.9 Å². The van der Waals surface area contributed by atoms with E-state index in [4.69, 9.17) is 5.73 Å². The van der Waals surface area contributed by atoms with Crippen LogP contribution < -0.4 is 11.1 Å². The van der Waals surface area contributed by atoms with E-state index in [-0.39, 0.29) is 11.3 Å². The molecule has 1 aromatic heterocycles. The summed E-state index contributed by atoms with van der Waals surface area (Å²) in [7, 11) is 0. The van der Waals surface area contributed by atoms with Crippen LogP contribution >= 0.6 is 0 Å². The molecule has 1 heterocycles. The summed E-state index contributed by atoms with van der Waals surface area (Å²) >= 11 is 0. The number of amides is 1. The minimum Gasteiger partial charge on any atom is -0.329 e. The number of fused-ring (bicyclic) bond motifs is 1. The van der Waals surface area contributed by atoms with Gasteiger partial charge in [0, 0.05) is 35.4 Å². The van der Waals surface area contributed by atoms with Gasteiger partial charge in [-0.2, -0.15) is 0 Å². The second-order valence-electron chi connectivity index (χ2n) is 5.55. The van der Waals surface area contributed by atoms with Gasteiger partial charge in [0.05, 0.1) is 5.41 Å². The predicted molar refractivity (Wildman–Crippen MR) is 80.3 cm³/mol. The molecule has 3 N–H and O–H groups in total. The van der Waals surface area contributed by atoms with Crippen LogP contribution in [0.1, 0.15) is 25.7 Å². The second kappa shape index (κ2) is 5.21. The van der Waals surface area contributed by atoms with Crippen LogP contribution in [0.5, 0.6) is 0 Å². The Morgan fingerprint density at radius 3 is 2.85 bits per heavy atom. The zero-order chi connectivity index (χ0) is 14.0. The van der Waals surface area contributed by atoms with Crippen LogP contribution in [-0.4, -0.2) is 17.4 Å². The van der Waals surface area contributed by atoms with Gasteiger partial charge in [0.25, 0.3) is 0 Å². The number of carbonyl (C=O) groups is 1. The molecule has 4 nitrogen and oxygen atoms in total. The van der Waals surface area contributed by atoms with E-state index in [1.165, 1.54) is 0 Å². The molecule has 2 aromatic rings. The first kappa shape index (κ1) is 13.1. The van der Waals surface area contributed by atoms with Crippen LogP contribution in [0.25, 0.3) is 10.8 Å². The average Bonchev–Trinajstić information content (AvgIpc) is 2.98. The highest BCUT2D eigenvalue weighted by atomic mass is 16.2. The van der Waals surface area contributed by atoms with Crippen molar-refractivity contribution in [3.63, 3.8) is 0 Å². The molecule has 20 heavy (non-hydrogen) atoms. The van der Waals surface area contributed by atoms with Gasteiger partial charge in [-0.1, -0.05) is 25.0 Å². The van der Waals surface area contributed by atoms with Crippen LogP contribution in [0.2, 0.25) is 0 Å². The van der Waals surface area contributed by atoms with Crippen molar-refractivity contribution >= 4 is 22.4 Å². The summed E-state index contributed by atoms with van der Waals surface area (Å²) in [6.07, 6.45) is 7.50. The SMILES string of the molecule is NCC1(C(=O)Nc2cccc3cnccc23)CCCC1. The molecule has 0 unspecified atom stereocenters. The fourth-order valence-electron chi connectivity index (χ4n) is 3.06. The Hall–Kier alpha value is -1.94. The number of hydrogen-bond donors (Lipinski definition) is 2. The first-order valence-electron chi connectivity index (χ1n) is 7.09. The predicted octanol–water partition coefficient (Wildman–Crippen LogP) is 2.69. The van der Waals surface area contributed by atoms with E-state index >= 15 is 0 Å². The quantitative estimate of drug-likeness (QED) is 0.900. The number of hydrogen-bond acceptors (Lipinski definition) is 3. The normalized spacial score (nSPS) is 17.2. The molecule has 0 bridgehead atoms. The Labute approximate surface area is 118 Å². The third-order valence-electron chi connectivity index (χ3n) is 4.36. The van der Waals surface area contributed by atoms with E-state index in [2.05, 4.69) is 10.3 Å². The van der Waals surface area contributed by atoms with E-state index in [9.17, 15) is 4.79 Å². The van der Waals surface area contributed by atoms with Gasteiger partial charge in [0.15, 0.2) is 0 Å². The molecule has 3 rings (SSSR count). The second-order valence-corrected chi connectivity index (χ2v) is 5.55. The van der Waals surface area contributed by atoms with Gasteiger partial charge in [-0.3, -0.25) is 9.78 Å². The first-order valence-corrected chi connectivity index (χ1v) is 7.09. The number of rotatable bonds is 3. The lowest BCUT2D eigenvalue weighted by Gasteiger charge is -2.26. The van der Waals surface area contributed by atoms with Crippen molar-refractivity contribution in [3.05, 3.63) is 36.7 Å². The van der Waals surface area contributed by atoms with Gasteiger partial charge in [0.2, 0.25) is 5.91 Å². The summed E-state index contributed by atoms with van der Waals surface area (Å²) in [5.74, 6) is 0.0572. The van der Waals surface area contributed by atoms with E-state index in [0.29, 0.717) is 6.54 Å². The number of pyridine rings is 1. The molecular formula is C16H19N3O. The number of aromatic nitrogens is 1. The summed E-state index contributed by atoms with van der Waals surface area (Å²) in [5.41, 5.74) is 6.33. The first-order chi connectivity index (χ1) is 9.75.